The zero-order chi connectivity index (χ0) is 15.1. The summed E-state index contributed by atoms with van der Waals surface area (Å²) in [6, 6.07) is 3.03. The molecule has 0 aliphatic heterocycles. The summed E-state index contributed by atoms with van der Waals surface area (Å²) in [6.07, 6.45) is 2.19. The van der Waals surface area contributed by atoms with E-state index in [9.17, 15) is 13.2 Å². The minimum absolute atomic E-state index is 0.0277. The Labute approximate surface area is 127 Å². The van der Waals surface area contributed by atoms with Crippen molar-refractivity contribution in [1.29, 1.82) is 0 Å². The van der Waals surface area contributed by atoms with Gasteiger partial charge in [0.2, 0.25) is 15.9 Å². The predicted octanol–water partition coefficient (Wildman–Crippen LogP) is 2.39. The molecule has 1 fully saturated rings. The molecule has 0 bridgehead atoms. The fourth-order valence-corrected chi connectivity index (χ4v) is 3.51. The van der Waals surface area contributed by atoms with Gasteiger partial charge >= 0.3 is 0 Å². The Morgan fingerprint density at radius 3 is 2.55 bits per heavy atom. The zero-order valence-corrected chi connectivity index (χ0v) is 13.7. The van der Waals surface area contributed by atoms with Gasteiger partial charge in [0.15, 0.2) is 0 Å². The number of nitrogens with two attached hydrogens (primary N) is 1. The van der Waals surface area contributed by atoms with Gasteiger partial charge in [0.1, 0.15) is 0 Å². The van der Waals surface area contributed by atoms with Crippen LogP contribution in [0.25, 0.3) is 0 Å². The second kappa shape index (κ2) is 5.46. The number of halogens is 1. The van der Waals surface area contributed by atoms with E-state index in [1.54, 1.807) is 13.0 Å². The monoisotopic (exact) mass is 360 g/mol. The van der Waals surface area contributed by atoms with E-state index in [1.807, 2.05) is 6.92 Å². The lowest BCUT2D eigenvalue weighted by Gasteiger charge is -2.14. The first kappa shape index (κ1) is 15.5. The number of amides is 1. The highest BCUT2D eigenvalue weighted by Crippen LogP contribution is 2.37. The summed E-state index contributed by atoms with van der Waals surface area (Å²) >= 11 is 3.27. The number of nitrogens with one attached hydrogen (secondary N) is 1. The molecule has 1 saturated carbocycles. The highest BCUT2D eigenvalue weighted by molar-refractivity contribution is 9.10. The van der Waals surface area contributed by atoms with Gasteiger partial charge in [-0.25, -0.2) is 13.6 Å². The Balaban J connectivity index is 2.25. The van der Waals surface area contributed by atoms with Crippen LogP contribution < -0.4 is 10.5 Å². The molecule has 0 heterocycles. The van der Waals surface area contributed by atoms with Crippen LogP contribution in [0.1, 0.15) is 25.3 Å². The van der Waals surface area contributed by atoms with Crippen LogP contribution in [0.2, 0.25) is 0 Å². The molecule has 1 aromatic carbocycles. The smallest absolute Gasteiger partial charge is 0.238 e. The van der Waals surface area contributed by atoms with Crippen molar-refractivity contribution in [2.24, 2.45) is 17.0 Å². The lowest BCUT2D eigenvalue weighted by atomic mass is 10.1. The number of sulfonamides is 1. The lowest BCUT2D eigenvalue weighted by molar-refractivity contribution is -0.119. The number of rotatable bonds is 4. The predicted molar refractivity (Wildman–Crippen MR) is 80.8 cm³/mol. The highest BCUT2D eigenvalue weighted by atomic mass is 79.9. The summed E-state index contributed by atoms with van der Waals surface area (Å²) in [6.45, 7) is 3.55. The molecule has 1 atom stereocenters. The maximum Gasteiger partial charge on any atom is 0.238 e. The van der Waals surface area contributed by atoms with Crippen LogP contribution in [-0.2, 0) is 14.8 Å². The molecule has 5 nitrogen and oxygen atoms in total. The maximum atomic E-state index is 12.1. The molecule has 3 N–H and O–H groups in total. The number of aryl methyl sites for hydroxylation is 1. The fourth-order valence-electron chi connectivity index (χ4n) is 2.12. The molecule has 0 saturated heterocycles. The summed E-state index contributed by atoms with van der Waals surface area (Å²) in [7, 11) is -3.76. The molecule has 0 spiro atoms. The average Bonchev–Trinajstić information content (AvgIpc) is 3.14. The first-order valence-electron chi connectivity index (χ1n) is 6.34. The van der Waals surface area contributed by atoms with Crippen LogP contribution in [0.3, 0.4) is 0 Å². The summed E-state index contributed by atoms with van der Waals surface area (Å²) in [5, 5.41) is 7.97. The molecule has 1 amide bonds. The first-order valence-corrected chi connectivity index (χ1v) is 8.68. The Bertz CT molecular complexity index is 654. The molecule has 110 valence electrons. The highest BCUT2D eigenvalue weighted by Gasteiger charge is 2.32. The molecule has 1 aliphatic rings. The number of carbonyl (C=O) groups excluding carboxylic acids is 1. The molecule has 0 aromatic heterocycles. The standard InChI is InChI=1S/C13H17BrN2O3S/c1-7-5-11(10(14)6-12(7)20(15,18)19)16-13(17)8(2)9-3-4-9/h5-6,8-9H,3-4H2,1-2H3,(H,16,17)(H2,15,18,19). The molecule has 7 heteroatoms. The van der Waals surface area contributed by atoms with E-state index in [1.165, 1.54) is 6.07 Å². The Kier molecular flexibility index (Phi) is 4.22. The molecule has 0 radical (unpaired) electrons. The second-order valence-electron chi connectivity index (χ2n) is 5.26. The minimum atomic E-state index is -3.76. The summed E-state index contributed by atoms with van der Waals surface area (Å²) in [5.41, 5.74) is 1.07. The Morgan fingerprint density at radius 2 is 2.05 bits per heavy atom. The number of benzene rings is 1. The van der Waals surface area contributed by atoms with Crippen molar-refractivity contribution >= 4 is 37.5 Å². The van der Waals surface area contributed by atoms with E-state index in [2.05, 4.69) is 21.2 Å². The van der Waals surface area contributed by atoms with Crippen LogP contribution in [0, 0.1) is 18.8 Å². The Hall–Kier alpha value is -0.920. The van der Waals surface area contributed by atoms with Crippen molar-refractivity contribution in [3.63, 3.8) is 0 Å². The molecule has 2 rings (SSSR count). The van der Waals surface area contributed by atoms with Gasteiger partial charge in [-0.05, 0) is 59.3 Å². The van der Waals surface area contributed by atoms with Crippen molar-refractivity contribution in [2.75, 3.05) is 5.32 Å². The van der Waals surface area contributed by atoms with Gasteiger partial charge < -0.3 is 5.32 Å². The summed E-state index contributed by atoms with van der Waals surface area (Å²) in [5.74, 6) is 0.398. The van der Waals surface area contributed by atoms with Gasteiger partial charge in [-0.1, -0.05) is 6.92 Å². The quantitative estimate of drug-likeness (QED) is 0.863. The van der Waals surface area contributed by atoms with Gasteiger partial charge in [0.05, 0.1) is 10.6 Å². The molecular formula is C13H17BrN2O3S. The van der Waals surface area contributed by atoms with Crippen LogP contribution in [0.5, 0.6) is 0 Å². The minimum Gasteiger partial charge on any atom is -0.325 e. The van der Waals surface area contributed by atoms with E-state index in [0.29, 0.717) is 21.6 Å². The SMILES string of the molecule is Cc1cc(NC(=O)C(C)C2CC2)c(Br)cc1S(N)(=O)=O. The van der Waals surface area contributed by atoms with E-state index in [0.717, 1.165) is 12.8 Å². The average molecular weight is 361 g/mol. The van der Waals surface area contributed by atoms with Crippen molar-refractivity contribution in [1.82, 2.24) is 0 Å². The summed E-state index contributed by atoms with van der Waals surface area (Å²) in [4.78, 5) is 12.1. The van der Waals surface area contributed by atoms with Gasteiger partial charge in [0.25, 0.3) is 0 Å². The van der Waals surface area contributed by atoms with E-state index in [-0.39, 0.29) is 16.7 Å². The number of primary sulfonamides is 1. The molecule has 20 heavy (non-hydrogen) atoms. The molecule has 1 aliphatic carbocycles. The molecule has 1 aromatic rings. The second-order valence-corrected chi connectivity index (χ2v) is 7.64. The van der Waals surface area contributed by atoms with Crippen LogP contribution in [-0.4, -0.2) is 14.3 Å². The van der Waals surface area contributed by atoms with Gasteiger partial charge in [0, 0.05) is 10.4 Å². The van der Waals surface area contributed by atoms with Crippen LogP contribution >= 0.6 is 15.9 Å². The fraction of sp³-hybridized carbons (Fsp3) is 0.462. The van der Waals surface area contributed by atoms with Crippen molar-refractivity contribution in [3.05, 3.63) is 22.2 Å². The van der Waals surface area contributed by atoms with Crippen molar-refractivity contribution in [2.45, 2.75) is 31.6 Å². The first-order chi connectivity index (χ1) is 9.20. The number of carbonyl (C=O) groups is 1. The third kappa shape index (κ3) is 3.39. The largest absolute Gasteiger partial charge is 0.325 e. The van der Waals surface area contributed by atoms with E-state index < -0.39 is 10.0 Å². The van der Waals surface area contributed by atoms with Crippen molar-refractivity contribution < 1.29 is 13.2 Å². The third-order valence-corrected chi connectivity index (χ3v) is 5.28. The van der Waals surface area contributed by atoms with E-state index in [4.69, 9.17) is 5.14 Å². The normalized spacial score (nSPS) is 16.8. The van der Waals surface area contributed by atoms with Gasteiger partial charge in [-0.2, -0.15) is 0 Å². The Morgan fingerprint density at radius 1 is 1.45 bits per heavy atom. The molecular weight excluding hydrogens is 344 g/mol. The van der Waals surface area contributed by atoms with Gasteiger partial charge in [-0.3, -0.25) is 4.79 Å². The van der Waals surface area contributed by atoms with E-state index >= 15 is 0 Å². The summed E-state index contributed by atoms with van der Waals surface area (Å²) < 4.78 is 23.3. The van der Waals surface area contributed by atoms with Crippen LogP contribution in [0.15, 0.2) is 21.5 Å². The number of hydrogen-bond donors (Lipinski definition) is 2. The van der Waals surface area contributed by atoms with Crippen molar-refractivity contribution in [3.8, 4) is 0 Å². The lowest BCUT2D eigenvalue weighted by Crippen LogP contribution is -2.22. The third-order valence-electron chi connectivity index (χ3n) is 3.57. The number of anilines is 1. The number of hydrogen-bond acceptors (Lipinski definition) is 3. The maximum absolute atomic E-state index is 12.1. The van der Waals surface area contributed by atoms with Gasteiger partial charge in [-0.15, -0.1) is 0 Å². The topological polar surface area (TPSA) is 89.3 Å². The van der Waals surface area contributed by atoms with Crippen LogP contribution in [0.4, 0.5) is 5.69 Å². The molecule has 1 unspecified atom stereocenters. The zero-order valence-electron chi connectivity index (χ0n) is 11.3.